The molecule has 0 amide bonds. The van der Waals surface area contributed by atoms with Crippen LogP contribution in [0.4, 0.5) is 0 Å². The van der Waals surface area contributed by atoms with Crippen LogP contribution in [0.3, 0.4) is 0 Å². The molecule has 0 saturated carbocycles. The van der Waals surface area contributed by atoms with Crippen molar-refractivity contribution in [3.8, 4) is 0 Å². The zero-order valence-corrected chi connectivity index (χ0v) is 6.33. The van der Waals surface area contributed by atoms with Gasteiger partial charge in [0.05, 0.1) is 5.70 Å². The van der Waals surface area contributed by atoms with Gasteiger partial charge in [0.2, 0.25) is 0 Å². The highest BCUT2D eigenvalue weighted by atomic mass is 15.2. The van der Waals surface area contributed by atoms with E-state index in [1.54, 1.807) is 0 Å². The van der Waals surface area contributed by atoms with Crippen LogP contribution in [-0.4, -0.2) is 20.1 Å². The average molecular weight is 143 g/mol. The molecule has 0 saturated heterocycles. The summed E-state index contributed by atoms with van der Waals surface area (Å²) < 4.78 is 0. The van der Waals surface area contributed by atoms with E-state index in [0.717, 1.165) is 19.5 Å². The van der Waals surface area contributed by atoms with Gasteiger partial charge in [-0.2, -0.15) is 0 Å². The number of rotatable bonds is 2. The van der Waals surface area contributed by atoms with Gasteiger partial charge in [-0.1, -0.05) is 0 Å². The lowest BCUT2D eigenvalue weighted by Crippen LogP contribution is -2.65. The molecule has 1 heterocycles. The largest absolute Gasteiger partial charge is 0.389 e. The molecule has 0 aliphatic carbocycles. The van der Waals surface area contributed by atoms with Crippen LogP contribution < -0.4 is 21.9 Å². The third-order valence-corrected chi connectivity index (χ3v) is 1.73. The van der Waals surface area contributed by atoms with Gasteiger partial charge in [0.25, 0.3) is 0 Å². The Kier molecular flexibility index (Phi) is 2.53. The van der Waals surface area contributed by atoms with Crippen molar-refractivity contribution in [2.75, 3.05) is 20.1 Å². The molecule has 0 bridgehead atoms. The fourth-order valence-corrected chi connectivity index (χ4v) is 1.12. The summed E-state index contributed by atoms with van der Waals surface area (Å²) >= 11 is 0. The lowest BCUT2D eigenvalue weighted by molar-refractivity contribution is -0.433. The number of hydrogen-bond donors (Lipinski definition) is 4. The van der Waals surface area contributed by atoms with E-state index in [1.165, 1.54) is 11.4 Å². The van der Waals surface area contributed by atoms with Gasteiger partial charge in [-0.05, 0) is 0 Å². The lowest BCUT2D eigenvalue weighted by atomic mass is 10.2. The summed E-state index contributed by atoms with van der Waals surface area (Å²) in [5.74, 6) is 3.63. The summed E-state index contributed by atoms with van der Waals surface area (Å²) in [6.45, 7) is 1.97. The second kappa shape index (κ2) is 3.43. The molecular formula is C6H15N4+. The molecule has 10 heavy (non-hydrogen) atoms. The molecular weight excluding hydrogens is 128 g/mol. The van der Waals surface area contributed by atoms with Gasteiger partial charge < -0.3 is 10.6 Å². The molecule has 0 atom stereocenters. The molecule has 0 aromatic rings. The van der Waals surface area contributed by atoms with Crippen molar-refractivity contribution in [2.45, 2.75) is 6.42 Å². The number of quaternary nitrogens is 1. The van der Waals surface area contributed by atoms with Gasteiger partial charge in [0, 0.05) is 32.3 Å². The van der Waals surface area contributed by atoms with Crippen LogP contribution in [0.2, 0.25) is 0 Å². The van der Waals surface area contributed by atoms with Crippen LogP contribution >= 0.6 is 0 Å². The first-order chi connectivity index (χ1) is 4.88. The molecule has 6 N–H and O–H groups in total. The van der Waals surface area contributed by atoms with Crippen LogP contribution in [0.15, 0.2) is 11.4 Å². The van der Waals surface area contributed by atoms with E-state index in [-0.39, 0.29) is 0 Å². The summed E-state index contributed by atoms with van der Waals surface area (Å²) in [6.07, 6.45) is 1.04. The topological polar surface area (TPSA) is 63.7 Å². The van der Waals surface area contributed by atoms with E-state index in [0.29, 0.717) is 0 Å². The Labute approximate surface area is 60.8 Å². The first kappa shape index (κ1) is 7.37. The summed E-state index contributed by atoms with van der Waals surface area (Å²) in [5, 5.41) is 6.38. The predicted molar refractivity (Wildman–Crippen MR) is 39.6 cm³/mol. The highest BCUT2D eigenvalue weighted by molar-refractivity contribution is 5.13. The van der Waals surface area contributed by atoms with Gasteiger partial charge in [0.15, 0.2) is 0 Å². The highest BCUT2D eigenvalue weighted by Gasteiger charge is 2.09. The molecule has 0 fully saturated rings. The van der Waals surface area contributed by atoms with Crippen LogP contribution in [0.5, 0.6) is 0 Å². The normalized spacial score (nSPS) is 19.0. The molecule has 0 spiro atoms. The minimum atomic E-state index is 0.925. The molecule has 0 unspecified atom stereocenters. The smallest absolute Gasteiger partial charge is 0.0835 e. The molecule has 58 valence electrons. The second-order valence-corrected chi connectivity index (χ2v) is 2.31. The first-order valence-electron chi connectivity index (χ1n) is 3.52. The quantitative estimate of drug-likeness (QED) is 0.343. The maximum Gasteiger partial charge on any atom is 0.0835 e. The Morgan fingerprint density at radius 1 is 1.50 bits per heavy atom. The number of nitrogens with one attached hydrogen (secondary N) is 3. The van der Waals surface area contributed by atoms with E-state index in [1.807, 2.05) is 7.05 Å². The SMILES string of the molecule is CNC1=C(N[NH3+])CCNC1. The van der Waals surface area contributed by atoms with E-state index >= 15 is 0 Å². The Morgan fingerprint density at radius 2 is 2.30 bits per heavy atom. The van der Waals surface area contributed by atoms with E-state index < -0.39 is 0 Å². The first-order valence-corrected chi connectivity index (χ1v) is 3.52. The van der Waals surface area contributed by atoms with Crippen LogP contribution in [0.1, 0.15) is 6.42 Å². The van der Waals surface area contributed by atoms with Crippen molar-refractivity contribution in [2.24, 2.45) is 0 Å². The Hall–Kier alpha value is -0.740. The number of likely N-dealkylation sites (N-methyl/N-ethyl adjacent to an activating group) is 1. The van der Waals surface area contributed by atoms with Crippen LogP contribution in [0.25, 0.3) is 0 Å². The lowest BCUT2D eigenvalue weighted by Gasteiger charge is -2.18. The van der Waals surface area contributed by atoms with Crippen molar-refractivity contribution in [3.63, 3.8) is 0 Å². The van der Waals surface area contributed by atoms with E-state index in [2.05, 4.69) is 21.9 Å². The van der Waals surface area contributed by atoms with Gasteiger partial charge in [0.1, 0.15) is 0 Å². The maximum atomic E-state index is 3.63. The second-order valence-electron chi connectivity index (χ2n) is 2.31. The standard InChI is InChI=1S/C6H14N4/c1-8-6-4-9-3-2-5(6)10-7/h8-10H,2-4,7H2,1H3/p+1. The Morgan fingerprint density at radius 3 is 2.80 bits per heavy atom. The Bertz CT molecular complexity index is 125. The monoisotopic (exact) mass is 143 g/mol. The minimum Gasteiger partial charge on any atom is -0.389 e. The summed E-state index contributed by atoms with van der Waals surface area (Å²) in [4.78, 5) is 0. The molecule has 4 heteroatoms. The van der Waals surface area contributed by atoms with Gasteiger partial charge in [-0.3, -0.25) is 5.84 Å². The van der Waals surface area contributed by atoms with Crippen molar-refractivity contribution < 1.29 is 5.84 Å². The van der Waals surface area contributed by atoms with Crippen LogP contribution in [-0.2, 0) is 0 Å². The van der Waals surface area contributed by atoms with Crippen molar-refractivity contribution in [1.82, 2.24) is 16.1 Å². The summed E-state index contributed by atoms with van der Waals surface area (Å²) in [6, 6.07) is 0. The molecule has 0 aromatic carbocycles. The van der Waals surface area contributed by atoms with Gasteiger partial charge in [-0.25, -0.2) is 5.43 Å². The Balaban J connectivity index is 2.63. The van der Waals surface area contributed by atoms with E-state index in [9.17, 15) is 0 Å². The molecule has 4 nitrogen and oxygen atoms in total. The zero-order chi connectivity index (χ0) is 7.40. The third-order valence-electron chi connectivity index (χ3n) is 1.73. The molecule has 1 aliphatic rings. The van der Waals surface area contributed by atoms with Crippen molar-refractivity contribution in [1.29, 1.82) is 0 Å². The summed E-state index contributed by atoms with van der Waals surface area (Å²) in [5.41, 5.74) is 5.38. The predicted octanol–water partition coefficient (Wildman–Crippen LogP) is -1.84. The molecule has 0 aromatic heterocycles. The third kappa shape index (κ3) is 1.40. The zero-order valence-electron chi connectivity index (χ0n) is 6.33. The number of hydrogen-bond acceptors (Lipinski definition) is 3. The van der Waals surface area contributed by atoms with Crippen molar-refractivity contribution in [3.05, 3.63) is 11.4 Å². The highest BCUT2D eigenvalue weighted by Crippen LogP contribution is 2.03. The minimum absolute atomic E-state index is 0.925. The average Bonchev–Trinajstić information content (AvgIpc) is 2.04. The van der Waals surface area contributed by atoms with Crippen LogP contribution in [0, 0.1) is 0 Å². The summed E-state index contributed by atoms with van der Waals surface area (Å²) in [7, 11) is 1.93. The maximum absolute atomic E-state index is 3.63. The molecule has 1 rings (SSSR count). The van der Waals surface area contributed by atoms with Gasteiger partial charge >= 0.3 is 0 Å². The fourth-order valence-electron chi connectivity index (χ4n) is 1.12. The van der Waals surface area contributed by atoms with E-state index in [4.69, 9.17) is 0 Å². The molecule has 1 aliphatic heterocycles. The van der Waals surface area contributed by atoms with Crippen molar-refractivity contribution >= 4 is 0 Å². The van der Waals surface area contributed by atoms with Gasteiger partial charge in [-0.15, -0.1) is 0 Å². The fraction of sp³-hybridized carbons (Fsp3) is 0.667. The molecule has 0 radical (unpaired) electrons.